The van der Waals surface area contributed by atoms with Crippen LogP contribution in [0.2, 0.25) is 0 Å². The van der Waals surface area contributed by atoms with Crippen molar-refractivity contribution in [3.05, 3.63) is 24.3 Å². The topological polar surface area (TPSA) is 32.3 Å². The van der Waals surface area contributed by atoms with Gasteiger partial charge in [-0.25, -0.2) is 0 Å². The Morgan fingerprint density at radius 3 is 2.53 bits per heavy atom. The van der Waals surface area contributed by atoms with Crippen molar-refractivity contribution in [2.45, 2.75) is 39.0 Å². The highest BCUT2D eigenvalue weighted by molar-refractivity contribution is 5.93. The molecule has 1 saturated carbocycles. The van der Waals surface area contributed by atoms with E-state index in [1.54, 1.807) is 0 Å². The molecule has 0 atom stereocenters. The maximum absolute atomic E-state index is 11.8. The first-order chi connectivity index (χ1) is 9.20. The van der Waals surface area contributed by atoms with Gasteiger partial charge in [0.15, 0.2) is 0 Å². The molecule has 19 heavy (non-hydrogen) atoms. The Kier molecular flexibility index (Phi) is 4.83. The molecule has 1 aromatic rings. The van der Waals surface area contributed by atoms with Crippen molar-refractivity contribution in [1.29, 1.82) is 0 Å². The molecule has 1 aliphatic rings. The molecule has 0 aliphatic heterocycles. The molecule has 1 aromatic carbocycles. The average molecular weight is 260 g/mol. The lowest BCUT2D eigenvalue weighted by Crippen LogP contribution is -2.28. The zero-order valence-corrected chi connectivity index (χ0v) is 12.0. The zero-order chi connectivity index (χ0) is 13.7. The van der Waals surface area contributed by atoms with Crippen LogP contribution in [0, 0.1) is 5.92 Å². The summed E-state index contributed by atoms with van der Waals surface area (Å²) >= 11 is 0. The Labute approximate surface area is 116 Å². The van der Waals surface area contributed by atoms with Crippen LogP contribution in [0.5, 0.6) is 0 Å². The minimum absolute atomic E-state index is 0.179. The number of nitrogens with one attached hydrogen (secondary N) is 1. The van der Waals surface area contributed by atoms with Crippen molar-refractivity contribution >= 4 is 17.3 Å². The van der Waals surface area contributed by atoms with Gasteiger partial charge in [-0.1, -0.05) is 19.8 Å². The van der Waals surface area contributed by atoms with E-state index in [0.717, 1.165) is 25.1 Å². The summed E-state index contributed by atoms with van der Waals surface area (Å²) in [6.45, 7) is 3.28. The van der Waals surface area contributed by atoms with Crippen LogP contribution in [0.25, 0.3) is 0 Å². The second kappa shape index (κ2) is 6.60. The first kappa shape index (κ1) is 13.9. The highest BCUT2D eigenvalue weighted by Gasteiger charge is 2.24. The molecular formula is C16H24N2O. The highest BCUT2D eigenvalue weighted by atomic mass is 16.1. The summed E-state index contributed by atoms with van der Waals surface area (Å²) in [5, 5.41) is 3.00. The van der Waals surface area contributed by atoms with Crippen LogP contribution >= 0.6 is 0 Å². The average Bonchev–Trinajstić information content (AvgIpc) is 2.34. The Morgan fingerprint density at radius 2 is 2.00 bits per heavy atom. The third-order valence-electron chi connectivity index (χ3n) is 3.90. The lowest BCUT2D eigenvalue weighted by atomic mass is 9.85. The molecule has 0 radical (unpaired) electrons. The summed E-state index contributed by atoms with van der Waals surface area (Å²) < 4.78 is 0. The number of benzene rings is 1. The summed E-state index contributed by atoms with van der Waals surface area (Å²) in [6, 6.07) is 8.14. The normalized spacial score (nSPS) is 14.8. The zero-order valence-electron chi connectivity index (χ0n) is 12.0. The van der Waals surface area contributed by atoms with E-state index in [4.69, 9.17) is 0 Å². The number of carbonyl (C=O) groups excluding carboxylic acids is 1. The predicted octanol–water partition coefficient (Wildman–Crippen LogP) is 3.66. The molecule has 1 N–H and O–H groups in total. The van der Waals surface area contributed by atoms with Crippen molar-refractivity contribution in [2.24, 2.45) is 5.92 Å². The number of nitrogens with zero attached hydrogens (tertiary/aromatic N) is 1. The maximum Gasteiger partial charge on any atom is 0.227 e. The van der Waals surface area contributed by atoms with Crippen molar-refractivity contribution in [3.63, 3.8) is 0 Å². The molecule has 2 rings (SSSR count). The van der Waals surface area contributed by atoms with Crippen LogP contribution in [0.4, 0.5) is 11.4 Å². The molecule has 0 unspecified atom stereocenters. The minimum Gasteiger partial charge on any atom is -0.375 e. The van der Waals surface area contributed by atoms with Crippen LogP contribution in [-0.2, 0) is 4.79 Å². The fourth-order valence-electron chi connectivity index (χ4n) is 2.24. The Hall–Kier alpha value is -1.51. The van der Waals surface area contributed by atoms with Crippen LogP contribution in [0.15, 0.2) is 24.3 Å². The predicted molar refractivity (Wildman–Crippen MR) is 80.6 cm³/mol. The molecule has 0 aromatic heterocycles. The molecule has 0 heterocycles. The van der Waals surface area contributed by atoms with Crippen LogP contribution < -0.4 is 10.2 Å². The first-order valence-corrected chi connectivity index (χ1v) is 7.32. The molecule has 0 spiro atoms. The third kappa shape index (κ3) is 3.72. The maximum atomic E-state index is 11.8. The largest absolute Gasteiger partial charge is 0.375 e. The van der Waals surface area contributed by atoms with E-state index in [1.165, 1.54) is 24.9 Å². The van der Waals surface area contributed by atoms with Gasteiger partial charge in [-0.3, -0.25) is 4.79 Å². The molecule has 3 heteroatoms. The third-order valence-corrected chi connectivity index (χ3v) is 3.90. The standard InChI is InChI=1S/C16H24N2O/c1-3-4-12-18(2)15-10-8-14(9-11-15)17-16(19)13-6-5-7-13/h8-11,13H,3-7,12H2,1-2H3,(H,17,19). The van der Waals surface area contributed by atoms with Gasteiger partial charge in [-0.15, -0.1) is 0 Å². The van der Waals surface area contributed by atoms with Gasteiger partial charge in [-0.2, -0.15) is 0 Å². The fraction of sp³-hybridized carbons (Fsp3) is 0.562. The first-order valence-electron chi connectivity index (χ1n) is 7.32. The monoisotopic (exact) mass is 260 g/mol. The van der Waals surface area contributed by atoms with Crippen molar-refractivity contribution < 1.29 is 4.79 Å². The molecule has 3 nitrogen and oxygen atoms in total. The van der Waals surface area contributed by atoms with E-state index < -0.39 is 0 Å². The van der Waals surface area contributed by atoms with Crippen molar-refractivity contribution in [3.8, 4) is 0 Å². The van der Waals surface area contributed by atoms with Gasteiger partial charge in [0.05, 0.1) is 0 Å². The molecule has 1 amide bonds. The van der Waals surface area contributed by atoms with E-state index >= 15 is 0 Å². The van der Waals surface area contributed by atoms with Gasteiger partial charge in [0.25, 0.3) is 0 Å². The molecule has 1 aliphatic carbocycles. The number of amides is 1. The van der Waals surface area contributed by atoms with E-state index in [0.29, 0.717) is 0 Å². The Morgan fingerprint density at radius 1 is 1.32 bits per heavy atom. The number of anilines is 2. The lowest BCUT2D eigenvalue weighted by Gasteiger charge is -2.24. The smallest absolute Gasteiger partial charge is 0.227 e. The van der Waals surface area contributed by atoms with Crippen molar-refractivity contribution in [1.82, 2.24) is 0 Å². The summed E-state index contributed by atoms with van der Waals surface area (Å²) in [5.41, 5.74) is 2.11. The Bertz CT molecular complexity index is 409. The molecule has 0 bridgehead atoms. The molecule has 0 saturated heterocycles. The van der Waals surface area contributed by atoms with Gasteiger partial charge >= 0.3 is 0 Å². The second-order valence-corrected chi connectivity index (χ2v) is 5.44. The van der Waals surface area contributed by atoms with E-state index in [2.05, 4.69) is 36.3 Å². The quantitative estimate of drug-likeness (QED) is 0.846. The van der Waals surface area contributed by atoms with Gasteiger partial charge in [0.1, 0.15) is 0 Å². The minimum atomic E-state index is 0.179. The Balaban J connectivity index is 1.88. The lowest BCUT2D eigenvalue weighted by molar-refractivity contribution is -0.122. The number of hydrogen-bond donors (Lipinski definition) is 1. The van der Waals surface area contributed by atoms with Gasteiger partial charge in [0, 0.05) is 30.9 Å². The second-order valence-electron chi connectivity index (χ2n) is 5.44. The molecular weight excluding hydrogens is 236 g/mol. The molecule has 1 fully saturated rings. The fourth-order valence-corrected chi connectivity index (χ4v) is 2.24. The number of rotatable bonds is 6. The van der Waals surface area contributed by atoms with Crippen LogP contribution in [-0.4, -0.2) is 19.5 Å². The molecule has 104 valence electrons. The SMILES string of the molecule is CCCCN(C)c1ccc(NC(=O)C2CCC2)cc1. The summed E-state index contributed by atoms with van der Waals surface area (Å²) in [7, 11) is 2.11. The van der Waals surface area contributed by atoms with E-state index in [1.807, 2.05) is 12.1 Å². The summed E-state index contributed by atoms with van der Waals surface area (Å²) in [6.07, 6.45) is 5.70. The number of unbranched alkanes of at least 4 members (excludes halogenated alkanes) is 1. The van der Waals surface area contributed by atoms with E-state index in [9.17, 15) is 4.79 Å². The summed E-state index contributed by atoms with van der Waals surface area (Å²) in [5.74, 6) is 0.422. The number of carbonyl (C=O) groups is 1. The van der Waals surface area contributed by atoms with Gasteiger partial charge < -0.3 is 10.2 Å². The van der Waals surface area contributed by atoms with Crippen LogP contribution in [0.1, 0.15) is 39.0 Å². The van der Waals surface area contributed by atoms with Gasteiger partial charge in [0.2, 0.25) is 5.91 Å². The highest BCUT2D eigenvalue weighted by Crippen LogP contribution is 2.27. The van der Waals surface area contributed by atoms with E-state index in [-0.39, 0.29) is 11.8 Å². The van der Waals surface area contributed by atoms with Crippen LogP contribution in [0.3, 0.4) is 0 Å². The number of hydrogen-bond acceptors (Lipinski definition) is 2. The van der Waals surface area contributed by atoms with Crippen molar-refractivity contribution in [2.75, 3.05) is 23.8 Å². The van der Waals surface area contributed by atoms with Gasteiger partial charge in [-0.05, 0) is 43.5 Å². The summed E-state index contributed by atoms with van der Waals surface area (Å²) in [4.78, 5) is 14.1.